The van der Waals surface area contributed by atoms with Crippen LogP contribution in [0.3, 0.4) is 0 Å². The second-order valence-corrected chi connectivity index (χ2v) is 6.45. The molecule has 110 valence electrons. The van der Waals surface area contributed by atoms with Crippen molar-refractivity contribution >= 4 is 34.5 Å². The molecule has 0 saturated carbocycles. The molecule has 0 saturated heterocycles. The van der Waals surface area contributed by atoms with E-state index in [9.17, 15) is 0 Å². The van der Waals surface area contributed by atoms with E-state index in [-0.39, 0.29) is 6.04 Å². The van der Waals surface area contributed by atoms with E-state index < -0.39 is 0 Å². The van der Waals surface area contributed by atoms with Crippen LogP contribution in [0.5, 0.6) is 0 Å². The molecule has 0 spiro atoms. The minimum atomic E-state index is -0.148. The van der Waals surface area contributed by atoms with Crippen LogP contribution in [-0.4, -0.2) is 9.78 Å². The predicted octanol–water partition coefficient (Wildman–Crippen LogP) is 4.38. The zero-order valence-corrected chi connectivity index (χ0v) is 14.2. The van der Waals surface area contributed by atoms with E-state index >= 15 is 0 Å². The van der Waals surface area contributed by atoms with Crippen molar-refractivity contribution in [3.05, 3.63) is 37.3 Å². The van der Waals surface area contributed by atoms with Gasteiger partial charge in [-0.2, -0.15) is 5.10 Å². The minimum absolute atomic E-state index is 0.148. The molecule has 0 amide bonds. The number of aryl methyl sites for hydroxylation is 3. The Hall–Kier alpha value is -0.550. The van der Waals surface area contributed by atoms with Crippen LogP contribution in [0, 0.1) is 6.92 Å². The van der Waals surface area contributed by atoms with Gasteiger partial charge in [0.15, 0.2) is 0 Å². The molecule has 2 aromatic rings. The van der Waals surface area contributed by atoms with Crippen LogP contribution in [0.15, 0.2) is 5.38 Å². The summed E-state index contributed by atoms with van der Waals surface area (Å²) in [5.41, 5.74) is 9.32. The van der Waals surface area contributed by atoms with Crippen molar-refractivity contribution in [2.45, 2.75) is 46.2 Å². The molecule has 0 aromatic carbocycles. The van der Waals surface area contributed by atoms with E-state index in [1.807, 2.05) is 17.0 Å². The standard InChI is InChI=1S/C14H19Cl2N3S/c1-4-10-13(16)11(19(5-2)18-10)6-9(17)14-12(15)8(3)7-20-14/h7,9H,4-6,17H2,1-3H3. The summed E-state index contributed by atoms with van der Waals surface area (Å²) in [4.78, 5) is 1.02. The van der Waals surface area contributed by atoms with Gasteiger partial charge >= 0.3 is 0 Å². The number of hydrogen-bond donors (Lipinski definition) is 1. The second kappa shape index (κ2) is 6.48. The Balaban J connectivity index is 2.30. The summed E-state index contributed by atoms with van der Waals surface area (Å²) in [6.45, 7) is 6.89. The highest BCUT2D eigenvalue weighted by atomic mass is 35.5. The van der Waals surface area contributed by atoms with Gasteiger partial charge in [0.2, 0.25) is 0 Å². The third-order valence-electron chi connectivity index (χ3n) is 3.37. The molecule has 0 aliphatic heterocycles. The number of halogens is 2. The van der Waals surface area contributed by atoms with Gasteiger partial charge in [0.25, 0.3) is 0 Å². The lowest BCUT2D eigenvalue weighted by Gasteiger charge is -2.12. The fraction of sp³-hybridized carbons (Fsp3) is 0.500. The normalized spacial score (nSPS) is 12.9. The van der Waals surface area contributed by atoms with Crippen LogP contribution in [0.4, 0.5) is 0 Å². The van der Waals surface area contributed by atoms with Crippen LogP contribution < -0.4 is 5.73 Å². The number of aromatic nitrogens is 2. The Bertz CT molecular complexity index is 604. The Morgan fingerprint density at radius 3 is 2.55 bits per heavy atom. The number of thiophene rings is 1. The fourth-order valence-electron chi connectivity index (χ4n) is 2.21. The first kappa shape index (κ1) is 15.8. The third kappa shape index (κ3) is 2.89. The van der Waals surface area contributed by atoms with E-state index in [4.69, 9.17) is 28.9 Å². The first-order chi connectivity index (χ1) is 9.49. The molecule has 0 radical (unpaired) electrons. The summed E-state index contributed by atoms with van der Waals surface area (Å²) in [5, 5.41) is 8.08. The molecule has 0 aliphatic rings. The Kier molecular flexibility index (Phi) is 5.13. The Labute approximate surface area is 133 Å². The lowest BCUT2D eigenvalue weighted by Crippen LogP contribution is -2.15. The summed E-state index contributed by atoms with van der Waals surface area (Å²) in [6, 6.07) is -0.148. The average Bonchev–Trinajstić information content (AvgIpc) is 2.92. The number of nitrogens with two attached hydrogens (primary N) is 1. The van der Waals surface area contributed by atoms with Crippen LogP contribution in [0.25, 0.3) is 0 Å². The van der Waals surface area contributed by atoms with Crippen LogP contribution in [0.2, 0.25) is 10.0 Å². The zero-order chi connectivity index (χ0) is 14.9. The second-order valence-electron chi connectivity index (χ2n) is 4.78. The Morgan fingerprint density at radius 1 is 1.35 bits per heavy atom. The number of rotatable bonds is 5. The summed E-state index contributed by atoms with van der Waals surface area (Å²) in [6.07, 6.45) is 1.48. The smallest absolute Gasteiger partial charge is 0.0850 e. The first-order valence-electron chi connectivity index (χ1n) is 6.72. The van der Waals surface area contributed by atoms with E-state index in [1.54, 1.807) is 11.3 Å². The average molecular weight is 332 g/mol. The van der Waals surface area contributed by atoms with Crippen molar-refractivity contribution in [3.8, 4) is 0 Å². The lowest BCUT2D eigenvalue weighted by molar-refractivity contribution is 0.588. The van der Waals surface area contributed by atoms with Gasteiger partial charge in [0, 0.05) is 23.9 Å². The highest BCUT2D eigenvalue weighted by Crippen LogP contribution is 2.34. The molecule has 1 atom stereocenters. The summed E-state index contributed by atoms with van der Waals surface area (Å²) >= 11 is 14.3. The van der Waals surface area contributed by atoms with Gasteiger partial charge in [-0.25, -0.2) is 0 Å². The van der Waals surface area contributed by atoms with Gasteiger partial charge in [-0.3, -0.25) is 4.68 Å². The summed E-state index contributed by atoms with van der Waals surface area (Å²) in [5.74, 6) is 0. The third-order valence-corrected chi connectivity index (χ3v) is 5.65. The van der Waals surface area contributed by atoms with Gasteiger partial charge in [0.05, 0.1) is 21.4 Å². The van der Waals surface area contributed by atoms with Crippen LogP contribution in [-0.2, 0) is 19.4 Å². The summed E-state index contributed by atoms with van der Waals surface area (Å²) in [7, 11) is 0. The molecule has 3 nitrogen and oxygen atoms in total. The highest BCUT2D eigenvalue weighted by Gasteiger charge is 2.20. The maximum atomic E-state index is 6.42. The topological polar surface area (TPSA) is 43.8 Å². The van der Waals surface area contributed by atoms with Crippen LogP contribution in [0.1, 0.15) is 41.7 Å². The van der Waals surface area contributed by atoms with E-state index in [1.165, 1.54) is 0 Å². The van der Waals surface area contributed by atoms with Gasteiger partial charge in [-0.15, -0.1) is 11.3 Å². The molecule has 0 bridgehead atoms. The van der Waals surface area contributed by atoms with Crippen molar-refractivity contribution in [2.24, 2.45) is 5.73 Å². The van der Waals surface area contributed by atoms with Gasteiger partial charge < -0.3 is 5.73 Å². The quantitative estimate of drug-likeness (QED) is 0.883. The van der Waals surface area contributed by atoms with Gasteiger partial charge in [-0.05, 0) is 31.2 Å². The van der Waals surface area contributed by atoms with Crippen LogP contribution >= 0.6 is 34.5 Å². The maximum absolute atomic E-state index is 6.42. The minimum Gasteiger partial charge on any atom is -0.323 e. The van der Waals surface area contributed by atoms with Crippen molar-refractivity contribution in [3.63, 3.8) is 0 Å². The molecule has 0 fully saturated rings. The molecule has 2 N–H and O–H groups in total. The molecule has 0 aliphatic carbocycles. The van der Waals surface area contributed by atoms with Crippen molar-refractivity contribution in [2.75, 3.05) is 0 Å². The maximum Gasteiger partial charge on any atom is 0.0850 e. The van der Waals surface area contributed by atoms with Gasteiger partial charge in [-0.1, -0.05) is 30.1 Å². The lowest BCUT2D eigenvalue weighted by atomic mass is 10.1. The molecule has 20 heavy (non-hydrogen) atoms. The van der Waals surface area contributed by atoms with Crippen molar-refractivity contribution in [1.29, 1.82) is 0 Å². The number of hydrogen-bond acceptors (Lipinski definition) is 3. The first-order valence-corrected chi connectivity index (χ1v) is 8.36. The van der Waals surface area contributed by atoms with Gasteiger partial charge in [0.1, 0.15) is 0 Å². The molecule has 2 rings (SSSR count). The fourth-order valence-corrected chi connectivity index (χ4v) is 3.90. The van der Waals surface area contributed by atoms with E-state index in [2.05, 4.69) is 18.9 Å². The molecule has 2 aromatic heterocycles. The monoisotopic (exact) mass is 331 g/mol. The summed E-state index contributed by atoms with van der Waals surface area (Å²) < 4.78 is 1.94. The Morgan fingerprint density at radius 2 is 2.05 bits per heavy atom. The molecule has 6 heteroatoms. The zero-order valence-electron chi connectivity index (χ0n) is 11.9. The van der Waals surface area contributed by atoms with Crippen molar-refractivity contribution in [1.82, 2.24) is 9.78 Å². The SMILES string of the molecule is CCc1nn(CC)c(CC(N)c2scc(C)c2Cl)c1Cl. The van der Waals surface area contributed by atoms with Crippen molar-refractivity contribution < 1.29 is 0 Å². The molecular weight excluding hydrogens is 313 g/mol. The predicted molar refractivity (Wildman–Crippen MR) is 87.0 cm³/mol. The van der Waals surface area contributed by atoms with E-state index in [0.29, 0.717) is 6.42 Å². The molecular formula is C14H19Cl2N3S. The molecule has 1 unspecified atom stereocenters. The molecule has 2 heterocycles. The largest absolute Gasteiger partial charge is 0.323 e. The van der Waals surface area contributed by atoms with E-state index in [0.717, 1.165) is 44.8 Å². The highest BCUT2D eigenvalue weighted by molar-refractivity contribution is 7.10. The number of nitrogens with zero attached hydrogens (tertiary/aromatic N) is 2.